The topological polar surface area (TPSA) is 75.9 Å². The summed E-state index contributed by atoms with van der Waals surface area (Å²) < 4.78 is 10.5. The van der Waals surface area contributed by atoms with Crippen molar-refractivity contribution in [3.05, 3.63) is 17.0 Å². The number of aromatic nitrogens is 1. The first-order valence-electron chi connectivity index (χ1n) is 7.54. The third-order valence-electron chi connectivity index (χ3n) is 4.70. The predicted octanol–water partition coefficient (Wildman–Crippen LogP) is 0.611. The second-order valence-corrected chi connectivity index (χ2v) is 6.09. The van der Waals surface area contributed by atoms with E-state index in [1.165, 1.54) is 0 Å². The van der Waals surface area contributed by atoms with Crippen molar-refractivity contribution in [1.82, 2.24) is 15.0 Å². The molecule has 0 radical (unpaired) electrons. The van der Waals surface area contributed by atoms with E-state index in [1.54, 1.807) is 30.7 Å². The highest BCUT2D eigenvalue weighted by Crippen LogP contribution is 2.26. The number of aryl methyl sites for hydroxylation is 2. The van der Waals surface area contributed by atoms with Gasteiger partial charge in [0.2, 0.25) is 5.91 Å². The summed E-state index contributed by atoms with van der Waals surface area (Å²) in [6.07, 6.45) is 0.831. The number of rotatable bonds is 1. The molecule has 0 bridgehead atoms. The Balaban J connectivity index is 1.80. The van der Waals surface area contributed by atoms with Gasteiger partial charge in [0.25, 0.3) is 5.91 Å². The van der Waals surface area contributed by atoms with Crippen LogP contribution in [0.5, 0.6) is 0 Å². The summed E-state index contributed by atoms with van der Waals surface area (Å²) in [6.45, 7) is 5.41. The van der Waals surface area contributed by atoms with Crippen molar-refractivity contribution in [3.63, 3.8) is 0 Å². The molecule has 2 atom stereocenters. The SMILES string of the molecule is Cc1noc(C)c1C(=O)N1CC[C@H]2COCC(=O)N(C)[C@H]2C1. The van der Waals surface area contributed by atoms with Crippen LogP contribution in [0.25, 0.3) is 0 Å². The molecule has 0 aromatic carbocycles. The summed E-state index contributed by atoms with van der Waals surface area (Å²) in [5, 5.41) is 3.85. The molecule has 3 heterocycles. The monoisotopic (exact) mass is 307 g/mol. The Morgan fingerprint density at radius 1 is 1.36 bits per heavy atom. The lowest BCUT2D eigenvalue weighted by atomic mass is 9.91. The standard InChI is InChI=1S/C15H21N3O4/c1-9-14(10(2)22-16-9)15(20)18-5-4-11-7-21-8-13(19)17(3)12(11)6-18/h11-12H,4-8H2,1-3H3/t11-,12-/m0/s1. The average molecular weight is 307 g/mol. The van der Waals surface area contributed by atoms with Gasteiger partial charge in [-0.1, -0.05) is 5.16 Å². The van der Waals surface area contributed by atoms with Crippen LogP contribution in [0, 0.1) is 19.8 Å². The smallest absolute Gasteiger partial charge is 0.259 e. The zero-order valence-corrected chi connectivity index (χ0v) is 13.2. The molecule has 0 saturated carbocycles. The molecule has 0 N–H and O–H groups in total. The first-order chi connectivity index (χ1) is 10.5. The maximum atomic E-state index is 12.7. The Kier molecular flexibility index (Phi) is 3.90. The minimum Gasteiger partial charge on any atom is -0.371 e. The fraction of sp³-hybridized carbons (Fsp3) is 0.667. The zero-order valence-electron chi connectivity index (χ0n) is 13.2. The van der Waals surface area contributed by atoms with E-state index in [-0.39, 0.29) is 30.4 Å². The third-order valence-corrected chi connectivity index (χ3v) is 4.70. The van der Waals surface area contributed by atoms with E-state index in [2.05, 4.69) is 5.16 Å². The predicted molar refractivity (Wildman–Crippen MR) is 77.4 cm³/mol. The Hall–Kier alpha value is -1.89. The Morgan fingerprint density at radius 2 is 2.14 bits per heavy atom. The van der Waals surface area contributed by atoms with Gasteiger partial charge in [-0.05, 0) is 20.3 Å². The molecule has 2 aliphatic rings. The van der Waals surface area contributed by atoms with Gasteiger partial charge in [-0.15, -0.1) is 0 Å². The number of hydrogen-bond acceptors (Lipinski definition) is 5. The average Bonchev–Trinajstić information content (AvgIpc) is 2.77. The van der Waals surface area contributed by atoms with Gasteiger partial charge in [0.05, 0.1) is 18.3 Å². The molecule has 7 heteroatoms. The fourth-order valence-corrected chi connectivity index (χ4v) is 3.33. The van der Waals surface area contributed by atoms with Crippen molar-refractivity contribution in [2.75, 3.05) is 33.4 Å². The van der Waals surface area contributed by atoms with Crippen LogP contribution in [-0.4, -0.2) is 66.2 Å². The number of amides is 2. The van der Waals surface area contributed by atoms with Crippen LogP contribution >= 0.6 is 0 Å². The molecule has 0 spiro atoms. The van der Waals surface area contributed by atoms with Crippen molar-refractivity contribution in [2.45, 2.75) is 26.3 Å². The van der Waals surface area contributed by atoms with Gasteiger partial charge in [-0.2, -0.15) is 0 Å². The molecule has 1 aromatic rings. The Labute approximate surface area is 129 Å². The van der Waals surface area contributed by atoms with Crippen molar-refractivity contribution in [1.29, 1.82) is 0 Å². The Morgan fingerprint density at radius 3 is 2.82 bits per heavy atom. The molecule has 22 heavy (non-hydrogen) atoms. The number of ether oxygens (including phenoxy) is 1. The van der Waals surface area contributed by atoms with Gasteiger partial charge in [-0.3, -0.25) is 9.59 Å². The lowest BCUT2D eigenvalue weighted by Gasteiger charge is -2.41. The van der Waals surface area contributed by atoms with E-state index in [0.29, 0.717) is 36.7 Å². The van der Waals surface area contributed by atoms with Crippen molar-refractivity contribution < 1.29 is 18.8 Å². The molecule has 2 fully saturated rings. The number of carbonyl (C=O) groups is 2. The highest BCUT2D eigenvalue weighted by molar-refractivity contribution is 5.96. The number of piperidine rings is 1. The summed E-state index contributed by atoms with van der Waals surface area (Å²) in [7, 11) is 1.79. The molecular weight excluding hydrogens is 286 g/mol. The van der Waals surface area contributed by atoms with E-state index >= 15 is 0 Å². The largest absolute Gasteiger partial charge is 0.371 e. The van der Waals surface area contributed by atoms with Gasteiger partial charge in [0.1, 0.15) is 17.9 Å². The Bertz CT molecular complexity index is 578. The molecule has 1 aromatic heterocycles. The van der Waals surface area contributed by atoms with Gasteiger partial charge in [0.15, 0.2) is 0 Å². The third kappa shape index (κ3) is 2.49. The quantitative estimate of drug-likeness (QED) is 0.760. The van der Waals surface area contributed by atoms with Gasteiger partial charge >= 0.3 is 0 Å². The fourth-order valence-electron chi connectivity index (χ4n) is 3.33. The molecule has 7 nitrogen and oxygen atoms in total. The van der Waals surface area contributed by atoms with Crippen LogP contribution in [0.2, 0.25) is 0 Å². The number of hydrogen-bond donors (Lipinski definition) is 0. The van der Waals surface area contributed by atoms with E-state index in [9.17, 15) is 9.59 Å². The molecule has 2 saturated heterocycles. The second kappa shape index (κ2) is 5.72. The normalized spacial score (nSPS) is 25.9. The maximum absolute atomic E-state index is 12.7. The molecule has 2 aliphatic heterocycles. The van der Waals surface area contributed by atoms with Gasteiger partial charge in [-0.25, -0.2) is 0 Å². The van der Waals surface area contributed by atoms with Gasteiger partial charge in [0, 0.05) is 26.1 Å². The van der Waals surface area contributed by atoms with Crippen LogP contribution in [0.3, 0.4) is 0 Å². The van der Waals surface area contributed by atoms with Crippen LogP contribution in [0.1, 0.15) is 28.2 Å². The molecule has 3 rings (SSSR count). The lowest BCUT2D eigenvalue weighted by Crippen LogP contribution is -2.54. The summed E-state index contributed by atoms with van der Waals surface area (Å²) in [4.78, 5) is 28.2. The summed E-state index contributed by atoms with van der Waals surface area (Å²) in [5.74, 6) is 0.725. The first kappa shape index (κ1) is 15.0. The molecule has 0 unspecified atom stereocenters. The van der Waals surface area contributed by atoms with Crippen molar-refractivity contribution in [2.24, 2.45) is 5.92 Å². The summed E-state index contributed by atoms with van der Waals surface area (Å²) in [6, 6.07) is 0.00757. The molecular formula is C15H21N3O4. The first-order valence-corrected chi connectivity index (χ1v) is 7.54. The molecule has 120 valence electrons. The number of nitrogens with zero attached hydrogens (tertiary/aromatic N) is 3. The van der Waals surface area contributed by atoms with Crippen LogP contribution < -0.4 is 0 Å². The minimum absolute atomic E-state index is 0.00757. The van der Waals surface area contributed by atoms with Crippen molar-refractivity contribution >= 4 is 11.8 Å². The minimum atomic E-state index is -0.0688. The highest BCUT2D eigenvalue weighted by atomic mass is 16.5. The number of likely N-dealkylation sites (N-methyl/N-ethyl adjacent to an activating group) is 1. The number of likely N-dealkylation sites (tertiary alicyclic amines) is 1. The second-order valence-electron chi connectivity index (χ2n) is 6.09. The number of fused-ring (bicyclic) bond motifs is 1. The van der Waals surface area contributed by atoms with Crippen LogP contribution in [0.4, 0.5) is 0 Å². The summed E-state index contributed by atoms with van der Waals surface area (Å²) in [5.41, 5.74) is 1.15. The van der Waals surface area contributed by atoms with E-state index < -0.39 is 0 Å². The zero-order chi connectivity index (χ0) is 15.9. The van der Waals surface area contributed by atoms with Crippen LogP contribution in [0.15, 0.2) is 4.52 Å². The maximum Gasteiger partial charge on any atom is 0.259 e. The summed E-state index contributed by atoms with van der Waals surface area (Å²) >= 11 is 0. The van der Waals surface area contributed by atoms with E-state index in [4.69, 9.17) is 9.26 Å². The van der Waals surface area contributed by atoms with E-state index in [1.807, 2.05) is 0 Å². The van der Waals surface area contributed by atoms with Crippen molar-refractivity contribution in [3.8, 4) is 0 Å². The molecule has 2 amide bonds. The van der Waals surface area contributed by atoms with Crippen LogP contribution in [-0.2, 0) is 9.53 Å². The van der Waals surface area contributed by atoms with E-state index in [0.717, 1.165) is 6.42 Å². The molecule has 0 aliphatic carbocycles. The highest BCUT2D eigenvalue weighted by Gasteiger charge is 2.38. The van der Waals surface area contributed by atoms with Gasteiger partial charge < -0.3 is 19.1 Å². The number of carbonyl (C=O) groups excluding carboxylic acids is 2. The lowest BCUT2D eigenvalue weighted by molar-refractivity contribution is -0.134.